The van der Waals surface area contributed by atoms with Gasteiger partial charge in [0.2, 0.25) is 0 Å². The maximum Gasteiger partial charge on any atom is -0.0218 e. The monoisotopic (exact) mass is 159 g/mol. The van der Waals surface area contributed by atoms with Crippen LogP contribution in [0.25, 0.3) is 0 Å². The van der Waals surface area contributed by atoms with Gasteiger partial charge < -0.3 is 0 Å². The zero-order chi connectivity index (χ0) is 8.81. The Morgan fingerprint density at radius 1 is 1.33 bits per heavy atom. The molecule has 1 aromatic carbocycles. The molecule has 1 unspecified atom stereocenters. The molecule has 1 atom stereocenters. The summed E-state index contributed by atoms with van der Waals surface area (Å²) < 4.78 is 0. The van der Waals surface area contributed by atoms with E-state index in [2.05, 4.69) is 44.2 Å². The first-order valence-corrected chi connectivity index (χ1v) is 4.32. The van der Waals surface area contributed by atoms with Crippen LogP contribution in [0.4, 0.5) is 0 Å². The van der Waals surface area contributed by atoms with E-state index in [4.69, 9.17) is 0 Å². The molecular weight excluding hydrogens is 144 g/mol. The maximum atomic E-state index is 3.69. The van der Waals surface area contributed by atoms with Gasteiger partial charge in [0.15, 0.2) is 0 Å². The van der Waals surface area contributed by atoms with Gasteiger partial charge in [-0.25, -0.2) is 0 Å². The van der Waals surface area contributed by atoms with Gasteiger partial charge in [-0.15, -0.1) is 0 Å². The summed E-state index contributed by atoms with van der Waals surface area (Å²) in [6.07, 6.45) is 5.10. The topological polar surface area (TPSA) is 0 Å². The van der Waals surface area contributed by atoms with Crippen LogP contribution >= 0.6 is 0 Å². The molecule has 1 radical (unpaired) electrons. The summed E-state index contributed by atoms with van der Waals surface area (Å²) in [4.78, 5) is 0. The molecule has 0 heteroatoms. The normalized spacial score (nSPS) is 13.5. The third-order valence-corrected chi connectivity index (χ3v) is 1.87. The molecule has 0 aliphatic rings. The molecule has 0 N–H and O–H groups in total. The number of hydrogen-bond donors (Lipinski definition) is 0. The predicted octanol–water partition coefficient (Wildman–Crippen LogP) is 3.26. The fraction of sp³-hybridized carbons (Fsp3) is 0.250. The second-order valence-corrected chi connectivity index (χ2v) is 3.10. The van der Waals surface area contributed by atoms with Gasteiger partial charge in [-0.05, 0) is 24.8 Å². The van der Waals surface area contributed by atoms with E-state index >= 15 is 0 Å². The molecule has 0 heterocycles. The van der Waals surface area contributed by atoms with E-state index in [0.29, 0.717) is 5.92 Å². The Bertz CT molecular complexity index is 233. The largest absolute Gasteiger partial charge is 0.0880 e. The molecule has 0 aliphatic carbocycles. The van der Waals surface area contributed by atoms with E-state index in [9.17, 15) is 0 Å². The van der Waals surface area contributed by atoms with E-state index in [-0.39, 0.29) is 0 Å². The van der Waals surface area contributed by atoms with Gasteiger partial charge >= 0.3 is 0 Å². The summed E-state index contributed by atoms with van der Waals surface area (Å²) in [5.74, 6) is 0.588. The lowest BCUT2D eigenvalue weighted by atomic mass is 10.0. The molecule has 0 fully saturated rings. The van der Waals surface area contributed by atoms with Crippen molar-refractivity contribution < 1.29 is 0 Å². The molecule has 0 aromatic heterocycles. The number of benzene rings is 1. The molecule has 1 rings (SSSR count). The molecule has 0 nitrogen and oxygen atoms in total. The summed E-state index contributed by atoms with van der Waals surface area (Å²) in [5, 5.41) is 0. The van der Waals surface area contributed by atoms with Gasteiger partial charge in [0.1, 0.15) is 0 Å². The van der Waals surface area contributed by atoms with Crippen molar-refractivity contribution in [2.45, 2.75) is 13.3 Å². The predicted molar refractivity (Wildman–Crippen MR) is 53.8 cm³/mol. The fourth-order valence-corrected chi connectivity index (χ4v) is 1.29. The second-order valence-electron chi connectivity index (χ2n) is 3.10. The molecule has 0 aliphatic heterocycles. The van der Waals surface area contributed by atoms with Crippen LogP contribution in [0.1, 0.15) is 12.5 Å². The lowest BCUT2D eigenvalue weighted by molar-refractivity contribution is 0.723. The molecule has 0 spiro atoms. The van der Waals surface area contributed by atoms with Crippen LogP contribution in [-0.4, -0.2) is 0 Å². The molecule has 12 heavy (non-hydrogen) atoms. The van der Waals surface area contributed by atoms with E-state index < -0.39 is 0 Å². The second kappa shape index (κ2) is 4.76. The number of rotatable bonds is 3. The molecule has 0 bridgehead atoms. The van der Waals surface area contributed by atoms with E-state index in [1.54, 1.807) is 0 Å². The first kappa shape index (κ1) is 9.05. The van der Waals surface area contributed by atoms with Crippen molar-refractivity contribution in [1.29, 1.82) is 0 Å². The van der Waals surface area contributed by atoms with Crippen molar-refractivity contribution in [2.75, 3.05) is 0 Å². The average Bonchev–Trinajstić information content (AvgIpc) is 2.06. The van der Waals surface area contributed by atoms with Crippen LogP contribution in [0.5, 0.6) is 0 Å². The third-order valence-electron chi connectivity index (χ3n) is 1.87. The Kier molecular flexibility index (Phi) is 3.59. The van der Waals surface area contributed by atoms with Crippen LogP contribution in [0, 0.1) is 12.8 Å². The van der Waals surface area contributed by atoms with Crippen LogP contribution < -0.4 is 0 Å². The van der Waals surface area contributed by atoms with Gasteiger partial charge in [-0.2, -0.15) is 0 Å². The molecule has 1 aromatic rings. The molecule has 0 saturated heterocycles. The summed E-state index contributed by atoms with van der Waals surface area (Å²) in [6, 6.07) is 10.5. The minimum absolute atomic E-state index is 0.588. The zero-order valence-corrected chi connectivity index (χ0v) is 7.53. The highest BCUT2D eigenvalue weighted by molar-refractivity contribution is 5.16. The van der Waals surface area contributed by atoms with Crippen molar-refractivity contribution in [2.24, 2.45) is 5.92 Å². The third kappa shape index (κ3) is 2.91. The lowest BCUT2D eigenvalue weighted by Gasteiger charge is -2.04. The van der Waals surface area contributed by atoms with Crippen LogP contribution in [0.3, 0.4) is 0 Å². The summed E-state index contributed by atoms with van der Waals surface area (Å²) >= 11 is 0. The van der Waals surface area contributed by atoms with E-state index in [1.165, 1.54) is 5.56 Å². The zero-order valence-electron chi connectivity index (χ0n) is 7.53. The minimum Gasteiger partial charge on any atom is -0.0880 e. The van der Waals surface area contributed by atoms with Crippen LogP contribution in [0.2, 0.25) is 0 Å². The molecule has 0 saturated carbocycles. The quantitative estimate of drug-likeness (QED) is 0.635. The standard InChI is InChI=1S/C12H15/c1-3-7-11(2)10-12-8-5-4-6-9-12/h3-9,11H,1,10H2,2H3. The Balaban J connectivity index is 2.52. The van der Waals surface area contributed by atoms with Gasteiger partial charge in [-0.1, -0.05) is 49.4 Å². The lowest BCUT2D eigenvalue weighted by Crippen LogP contribution is -1.94. The number of hydrogen-bond acceptors (Lipinski definition) is 0. The minimum atomic E-state index is 0.588. The SMILES string of the molecule is [CH2]C=CC(C)Cc1ccccc1. The first-order valence-electron chi connectivity index (χ1n) is 4.32. The molecule has 63 valence electrons. The smallest absolute Gasteiger partial charge is 0.0218 e. The summed E-state index contributed by atoms with van der Waals surface area (Å²) in [5.41, 5.74) is 1.39. The first-order chi connectivity index (χ1) is 5.83. The highest BCUT2D eigenvalue weighted by Crippen LogP contribution is 2.08. The highest BCUT2D eigenvalue weighted by Gasteiger charge is 1.97. The molecule has 0 amide bonds. The average molecular weight is 159 g/mol. The van der Waals surface area contributed by atoms with E-state index in [0.717, 1.165) is 6.42 Å². The Morgan fingerprint density at radius 3 is 2.58 bits per heavy atom. The van der Waals surface area contributed by atoms with Crippen molar-refractivity contribution >= 4 is 0 Å². The maximum absolute atomic E-state index is 3.69. The van der Waals surface area contributed by atoms with Crippen molar-refractivity contribution in [3.8, 4) is 0 Å². The van der Waals surface area contributed by atoms with Gasteiger partial charge in [0, 0.05) is 0 Å². The highest BCUT2D eigenvalue weighted by atomic mass is 14.0. The van der Waals surface area contributed by atoms with Gasteiger partial charge in [-0.3, -0.25) is 0 Å². The number of allylic oxidation sites excluding steroid dienone is 2. The van der Waals surface area contributed by atoms with Gasteiger partial charge in [0.05, 0.1) is 0 Å². The Labute approximate surface area is 74.9 Å². The van der Waals surface area contributed by atoms with E-state index in [1.807, 2.05) is 12.1 Å². The van der Waals surface area contributed by atoms with Crippen LogP contribution in [-0.2, 0) is 6.42 Å². The van der Waals surface area contributed by atoms with Gasteiger partial charge in [0.25, 0.3) is 0 Å². The van der Waals surface area contributed by atoms with Crippen molar-refractivity contribution in [1.82, 2.24) is 0 Å². The van der Waals surface area contributed by atoms with Crippen molar-refractivity contribution in [3.63, 3.8) is 0 Å². The fourth-order valence-electron chi connectivity index (χ4n) is 1.29. The van der Waals surface area contributed by atoms with Crippen molar-refractivity contribution in [3.05, 3.63) is 55.0 Å². The Hall–Kier alpha value is -1.04. The summed E-state index contributed by atoms with van der Waals surface area (Å²) in [6.45, 7) is 5.89. The molecular formula is C12H15. The van der Waals surface area contributed by atoms with Crippen LogP contribution in [0.15, 0.2) is 42.5 Å². The summed E-state index contributed by atoms with van der Waals surface area (Å²) in [7, 11) is 0. The Morgan fingerprint density at radius 2 is 2.00 bits per heavy atom.